The van der Waals surface area contributed by atoms with Gasteiger partial charge in [-0.25, -0.2) is 9.89 Å². The minimum Gasteiger partial charge on any atom is -0.292 e. The Morgan fingerprint density at radius 2 is 1.65 bits per heavy atom. The van der Waals surface area contributed by atoms with E-state index in [4.69, 9.17) is 4.98 Å². The summed E-state index contributed by atoms with van der Waals surface area (Å²) >= 11 is 0. The van der Waals surface area contributed by atoms with Gasteiger partial charge in [-0.15, -0.1) is 5.10 Å². The van der Waals surface area contributed by atoms with Crippen molar-refractivity contribution in [2.75, 3.05) is 0 Å². The van der Waals surface area contributed by atoms with Crippen molar-refractivity contribution < 1.29 is 0 Å². The summed E-state index contributed by atoms with van der Waals surface area (Å²) in [7, 11) is 0. The van der Waals surface area contributed by atoms with Crippen molar-refractivity contribution in [2.45, 2.75) is 52.6 Å². The Balaban J connectivity index is 1.45. The molecular formula is C29H31N7O. The predicted octanol–water partition coefficient (Wildman–Crippen LogP) is 5.03. The van der Waals surface area contributed by atoms with Gasteiger partial charge in [0.1, 0.15) is 0 Å². The molecule has 1 N–H and O–H groups in total. The Morgan fingerprint density at radius 1 is 0.865 bits per heavy atom. The molecule has 0 saturated heterocycles. The number of tetrazole rings is 1. The highest BCUT2D eigenvalue weighted by Gasteiger charge is 2.18. The van der Waals surface area contributed by atoms with E-state index < -0.39 is 0 Å². The minimum atomic E-state index is 0.0156. The highest BCUT2D eigenvalue weighted by Crippen LogP contribution is 2.29. The number of imidazole rings is 1. The van der Waals surface area contributed by atoms with Gasteiger partial charge in [0, 0.05) is 28.7 Å². The molecule has 0 aliphatic carbocycles. The molecule has 3 aromatic heterocycles. The molecule has 0 aliphatic rings. The summed E-state index contributed by atoms with van der Waals surface area (Å²) in [6, 6.07) is 22.1. The van der Waals surface area contributed by atoms with Crippen LogP contribution in [0.15, 0.2) is 77.7 Å². The van der Waals surface area contributed by atoms with Crippen LogP contribution < -0.4 is 5.69 Å². The first-order valence-electron chi connectivity index (χ1n) is 12.8. The van der Waals surface area contributed by atoms with E-state index in [9.17, 15) is 4.79 Å². The van der Waals surface area contributed by atoms with Crippen molar-refractivity contribution in [3.8, 4) is 22.5 Å². The fraction of sp³-hybridized carbons (Fsp3) is 0.276. The number of pyridine rings is 1. The third-order valence-corrected chi connectivity index (χ3v) is 6.79. The standard InChI is InChI=1S/C29H31N7O/c1-3-4-6-15-27-21(2)35(19-22-11-7-5-8-12-22)29(37)36(27)20-24-17-16-23(18-30-24)25-13-9-10-14-26(25)28-31-33-34-32-28/h5,7-14,16-18H,3-4,6,15,19-20H2,1-2H3,(H,31,32,33,34). The van der Waals surface area contributed by atoms with Gasteiger partial charge in [-0.3, -0.25) is 14.1 Å². The van der Waals surface area contributed by atoms with Crippen molar-refractivity contribution in [3.63, 3.8) is 0 Å². The zero-order valence-corrected chi connectivity index (χ0v) is 21.3. The van der Waals surface area contributed by atoms with E-state index in [-0.39, 0.29) is 5.69 Å². The van der Waals surface area contributed by atoms with Gasteiger partial charge in [-0.05, 0) is 47.4 Å². The third kappa shape index (κ3) is 5.28. The highest BCUT2D eigenvalue weighted by molar-refractivity contribution is 5.79. The molecule has 188 valence electrons. The SMILES string of the molecule is CCCCCc1c(C)n(Cc2ccccc2)c(=O)n1Cc1ccc(-c2ccccc2-c2nnn[nH]2)cn1. The van der Waals surface area contributed by atoms with E-state index in [0.717, 1.165) is 65.0 Å². The molecule has 0 bridgehead atoms. The number of rotatable bonds is 10. The van der Waals surface area contributed by atoms with Crippen LogP contribution in [0.4, 0.5) is 0 Å². The summed E-state index contributed by atoms with van der Waals surface area (Å²) in [6.07, 6.45) is 6.08. The maximum absolute atomic E-state index is 13.6. The number of unbranched alkanes of at least 4 members (excludes halogenated alkanes) is 2. The van der Waals surface area contributed by atoms with Crippen LogP contribution in [0, 0.1) is 6.92 Å². The molecule has 5 aromatic rings. The second kappa shape index (κ2) is 11.2. The van der Waals surface area contributed by atoms with Crippen LogP contribution in [0.3, 0.4) is 0 Å². The van der Waals surface area contributed by atoms with Gasteiger partial charge in [-0.1, -0.05) is 80.4 Å². The molecule has 0 amide bonds. The largest absolute Gasteiger partial charge is 0.329 e. The Hall–Kier alpha value is -4.33. The fourth-order valence-corrected chi connectivity index (χ4v) is 4.78. The van der Waals surface area contributed by atoms with E-state index in [1.54, 1.807) is 0 Å². The molecule has 2 aromatic carbocycles. The summed E-state index contributed by atoms with van der Waals surface area (Å²) in [5.41, 5.74) is 6.98. The average molecular weight is 494 g/mol. The Bertz CT molecular complexity index is 1500. The van der Waals surface area contributed by atoms with E-state index >= 15 is 0 Å². The number of benzene rings is 2. The molecule has 8 nitrogen and oxygen atoms in total. The van der Waals surface area contributed by atoms with Crippen molar-refractivity contribution in [2.24, 2.45) is 0 Å². The summed E-state index contributed by atoms with van der Waals surface area (Å²) in [5, 5.41) is 14.3. The number of hydrogen-bond acceptors (Lipinski definition) is 5. The fourth-order valence-electron chi connectivity index (χ4n) is 4.78. The van der Waals surface area contributed by atoms with E-state index in [2.05, 4.69) is 46.6 Å². The smallest absolute Gasteiger partial charge is 0.292 e. The quantitative estimate of drug-likeness (QED) is 0.275. The summed E-state index contributed by atoms with van der Waals surface area (Å²) in [6.45, 7) is 5.27. The van der Waals surface area contributed by atoms with Crippen LogP contribution in [0.1, 0.15) is 48.8 Å². The maximum atomic E-state index is 13.6. The molecule has 0 unspecified atom stereocenters. The Morgan fingerprint density at radius 3 is 2.35 bits per heavy atom. The van der Waals surface area contributed by atoms with E-state index in [0.29, 0.717) is 18.9 Å². The molecule has 5 rings (SSSR count). The van der Waals surface area contributed by atoms with Gasteiger partial charge in [0.15, 0.2) is 5.82 Å². The topological polar surface area (TPSA) is 94.3 Å². The van der Waals surface area contributed by atoms with Crippen LogP contribution in [-0.2, 0) is 19.5 Å². The van der Waals surface area contributed by atoms with Gasteiger partial charge in [0.25, 0.3) is 0 Å². The number of nitrogens with one attached hydrogen (secondary N) is 1. The van der Waals surface area contributed by atoms with Crippen molar-refractivity contribution in [1.82, 2.24) is 34.7 Å². The second-order valence-corrected chi connectivity index (χ2v) is 9.26. The lowest BCUT2D eigenvalue weighted by Gasteiger charge is -2.10. The molecule has 37 heavy (non-hydrogen) atoms. The van der Waals surface area contributed by atoms with Crippen molar-refractivity contribution in [1.29, 1.82) is 0 Å². The second-order valence-electron chi connectivity index (χ2n) is 9.26. The van der Waals surface area contributed by atoms with Gasteiger partial charge >= 0.3 is 5.69 Å². The van der Waals surface area contributed by atoms with Crippen LogP contribution in [0.25, 0.3) is 22.5 Å². The molecule has 8 heteroatoms. The first-order chi connectivity index (χ1) is 18.2. The molecule has 3 heterocycles. The molecular weight excluding hydrogens is 462 g/mol. The number of aromatic amines is 1. The lowest BCUT2D eigenvalue weighted by atomic mass is 10.0. The molecule has 0 saturated carbocycles. The zero-order chi connectivity index (χ0) is 25.6. The van der Waals surface area contributed by atoms with Crippen LogP contribution in [-0.4, -0.2) is 34.7 Å². The average Bonchev–Trinajstić information content (AvgIpc) is 3.55. The molecule has 0 radical (unpaired) electrons. The lowest BCUT2D eigenvalue weighted by molar-refractivity contribution is 0.636. The Labute approximate surface area is 216 Å². The number of hydrogen-bond donors (Lipinski definition) is 1. The highest BCUT2D eigenvalue weighted by atomic mass is 16.1. The molecule has 0 atom stereocenters. The van der Waals surface area contributed by atoms with Gasteiger partial charge in [-0.2, -0.15) is 0 Å². The predicted molar refractivity (Wildman–Crippen MR) is 144 cm³/mol. The summed E-state index contributed by atoms with van der Waals surface area (Å²) < 4.78 is 3.80. The maximum Gasteiger partial charge on any atom is 0.329 e. The molecule has 0 fully saturated rings. The number of nitrogens with zero attached hydrogens (tertiary/aromatic N) is 6. The van der Waals surface area contributed by atoms with Crippen molar-refractivity contribution in [3.05, 3.63) is 106 Å². The van der Waals surface area contributed by atoms with E-state index in [1.807, 2.05) is 69.9 Å². The minimum absolute atomic E-state index is 0.0156. The number of aromatic nitrogens is 7. The van der Waals surface area contributed by atoms with Gasteiger partial charge in [0.05, 0.1) is 18.8 Å². The van der Waals surface area contributed by atoms with Crippen LogP contribution in [0.2, 0.25) is 0 Å². The number of H-pyrrole nitrogens is 1. The zero-order valence-electron chi connectivity index (χ0n) is 21.3. The Kier molecular flexibility index (Phi) is 7.35. The van der Waals surface area contributed by atoms with Crippen LogP contribution >= 0.6 is 0 Å². The first-order valence-corrected chi connectivity index (χ1v) is 12.8. The van der Waals surface area contributed by atoms with Crippen LogP contribution in [0.5, 0.6) is 0 Å². The summed E-state index contributed by atoms with van der Waals surface area (Å²) in [4.78, 5) is 18.3. The molecule has 0 aliphatic heterocycles. The monoisotopic (exact) mass is 493 g/mol. The lowest BCUT2D eigenvalue weighted by Crippen LogP contribution is -2.26. The van der Waals surface area contributed by atoms with E-state index in [1.165, 1.54) is 0 Å². The molecule has 0 spiro atoms. The first kappa shape index (κ1) is 24.4. The van der Waals surface area contributed by atoms with Gasteiger partial charge < -0.3 is 0 Å². The third-order valence-electron chi connectivity index (χ3n) is 6.79. The van der Waals surface area contributed by atoms with Crippen molar-refractivity contribution >= 4 is 0 Å². The summed E-state index contributed by atoms with van der Waals surface area (Å²) in [5.74, 6) is 0.609. The normalized spacial score (nSPS) is 11.2. The van der Waals surface area contributed by atoms with Gasteiger partial charge in [0.2, 0.25) is 0 Å².